The standard InChI is InChI=1S/C21H19N3O2S/c1-12-8-13(2)21-17(9-12)18(24-26-21)10-20(25)23-16-6-4-15(5-7-16)19-11-27-14(3)22-19/h4-9,11H,10H2,1-3H3,(H,23,25). The van der Waals surface area contributed by atoms with Crippen LogP contribution in [0.4, 0.5) is 5.69 Å². The first-order valence-corrected chi connectivity index (χ1v) is 9.55. The predicted molar refractivity (Wildman–Crippen MR) is 108 cm³/mol. The van der Waals surface area contributed by atoms with Gasteiger partial charge in [0.2, 0.25) is 5.91 Å². The Morgan fingerprint density at radius 2 is 1.93 bits per heavy atom. The zero-order valence-corrected chi connectivity index (χ0v) is 16.2. The molecule has 136 valence electrons. The third-order valence-corrected chi connectivity index (χ3v) is 5.16. The molecule has 0 aliphatic rings. The fourth-order valence-electron chi connectivity index (χ4n) is 3.14. The van der Waals surface area contributed by atoms with Gasteiger partial charge in [-0.3, -0.25) is 4.79 Å². The predicted octanol–water partition coefficient (Wildman–Crippen LogP) is 5.06. The molecule has 0 fully saturated rings. The number of amides is 1. The normalized spacial score (nSPS) is 11.1. The number of carbonyl (C=O) groups excluding carboxylic acids is 1. The number of hydrogen-bond donors (Lipinski definition) is 1. The van der Waals surface area contributed by atoms with E-state index in [0.29, 0.717) is 5.69 Å². The maximum Gasteiger partial charge on any atom is 0.230 e. The fraction of sp³-hybridized carbons (Fsp3) is 0.190. The number of anilines is 1. The molecule has 4 rings (SSSR count). The number of aromatic nitrogens is 2. The zero-order chi connectivity index (χ0) is 19.0. The van der Waals surface area contributed by atoms with E-state index in [-0.39, 0.29) is 12.3 Å². The first-order chi connectivity index (χ1) is 13.0. The SMILES string of the molecule is Cc1cc(C)c2onc(CC(=O)Nc3ccc(-c4csc(C)n4)cc3)c2c1. The molecule has 0 aliphatic heterocycles. The number of thiazole rings is 1. The highest BCUT2D eigenvalue weighted by Gasteiger charge is 2.14. The van der Waals surface area contributed by atoms with Crippen molar-refractivity contribution < 1.29 is 9.32 Å². The quantitative estimate of drug-likeness (QED) is 0.540. The number of nitrogens with one attached hydrogen (secondary N) is 1. The van der Waals surface area contributed by atoms with Gasteiger partial charge in [0, 0.05) is 22.0 Å². The molecule has 0 atom stereocenters. The summed E-state index contributed by atoms with van der Waals surface area (Å²) < 4.78 is 5.42. The molecule has 0 saturated heterocycles. The minimum atomic E-state index is -0.124. The minimum absolute atomic E-state index is 0.124. The number of aryl methyl sites for hydroxylation is 3. The molecule has 0 bridgehead atoms. The Hall–Kier alpha value is -2.99. The molecule has 2 aromatic carbocycles. The van der Waals surface area contributed by atoms with Gasteiger partial charge >= 0.3 is 0 Å². The smallest absolute Gasteiger partial charge is 0.230 e. The third kappa shape index (κ3) is 3.61. The zero-order valence-electron chi connectivity index (χ0n) is 15.4. The van der Waals surface area contributed by atoms with Crippen molar-refractivity contribution in [1.29, 1.82) is 0 Å². The maximum atomic E-state index is 12.4. The van der Waals surface area contributed by atoms with Crippen LogP contribution in [0.2, 0.25) is 0 Å². The van der Waals surface area contributed by atoms with Crippen molar-refractivity contribution in [3.63, 3.8) is 0 Å². The van der Waals surface area contributed by atoms with Crippen LogP contribution in [0.1, 0.15) is 21.8 Å². The Kier molecular flexibility index (Phi) is 4.49. The van der Waals surface area contributed by atoms with Gasteiger partial charge in [-0.2, -0.15) is 0 Å². The molecule has 0 aliphatic carbocycles. The van der Waals surface area contributed by atoms with Gasteiger partial charge in [0.05, 0.1) is 17.1 Å². The number of hydrogen-bond acceptors (Lipinski definition) is 5. The second kappa shape index (κ2) is 6.96. The topological polar surface area (TPSA) is 68.0 Å². The van der Waals surface area contributed by atoms with Crippen LogP contribution in [0.5, 0.6) is 0 Å². The molecule has 0 radical (unpaired) electrons. The van der Waals surface area contributed by atoms with Gasteiger partial charge in [0.1, 0.15) is 5.69 Å². The Balaban J connectivity index is 1.48. The summed E-state index contributed by atoms with van der Waals surface area (Å²) in [4.78, 5) is 16.9. The van der Waals surface area contributed by atoms with Crippen LogP contribution in [0.3, 0.4) is 0 Å². The molecule has 0 spiro atoms. The molecule has 4 aromatic rings. The molecule has 0 unspecified atom stereocenters. The van der Waals surface area contributed by atoms with Gasteiger partial charge < -0.3 is 9.84 Å². The second-order valence-corrected chi connectivity index (χ2v) is 7.70. The molecule has 1 amide bonds. The summed E-state index contributed by atoms with van der Waals surface area (Å²) in [6, 6.07) is 11.7. The number of fused-ring (bicyclic) bond motifs is 1. The lowest BCUT2D eigenvalue weighted by Gasteiger charge is -2.05. The van der Waals surface area contributed by atoms with E-state index >= 15 is 0 Å². The van der Waals surface area contributed by atoms with E-state index in [2.05, 4.69) is 15.5 Å². The van der Waals surface area contributed by atoms with Crippen LogP contribution in [-0.4, -0.2) is 16.0 Å². The fourth-order valence-corrected chi connectivity index (χ4v) is 3.77. The lowest BCUT2D eigenvalue weighted by atomic mass is 10.1. The Labute approximate surface area is 161 Å². The second-order valence-electron chi connectivity index (χ2n) is 6.64. The van der Waals surface area contributed by atoms with Gasteiger partial charge in [-0.1, -0.05) is 23.4 Å². The van der Waals surface area contributed by atoms with E-state index in [0.717, 1.165) is 44.0 Å². The van der Waals surface area contributed by atoms with E-state index in [9.17, 15) is 4.79 Å². The molecule has 5 nitrogen and oxygen atoms in total. The van der Waals surface area contributed by atoms with Crippen molar-refractivity contribution in [1.82, 2.24) is 10.1 Å². The molecule has 2 heterocycles. The molecule has 27 heavy (non-hydrogen) atoms. The van der Waals surface area contributed by atoms with Crippen molar-refractivity contribution in [2.75, 3.05) is 5.32 Å². The lowest BCUT2D eigenvalue weighted by Crippen LogP contribution is -2.14. The first-order valence-electron chi connectivity index (χ1n) is 8.67. The number of nitrogens with zero attached hydrogens (tertiary/aromatic N) is 2. The summed E-state index contributed by atoms with van der Waals surface area (Å²) in [5.41, 5.74) is 6.28. The minimum Gasteiger partial charge on any atom is -0.356 e. The van der Waals surface area contributed by atoms with Gasteiger partial charge in [0.15, 0.2) is 5.58 Å². The molecule has 6 heteroatoms. The summed E-state index contributed by atoms with van der Waals surface area (Å²) in [6.45, 7) is 5.99. The van der Waals surface area contributed by atoms with Crippen molar-refractivity contribution in [2.45, 2.75) is 27.2 Å². The van der Waals surface area contributed by atoms with Gasteiger partial charge in [-0.05, 0) is 50.1 Å². The average Bonchev–Trinajstić information content (AvgIpc) is 3.22. The van der Waals surface area contributed by atoms with Crippen LogP contribution in [0.25, 0.3) is 22.2 Å². The Bertz CT molecular complexity index is 1130. The molecule has 2 aromatic heterocycles. The Morgan fingerprint density at radius 1 is 1.15 bits per heavy atom. The summed E-state index contributed by atoms with van der Waals surface area (Å²) in [5, 5.41) is 11.0. The van der Waals surface area contributed by atoms with Gasteiger partial charge in [-0.25, -0.2) is 4.98 Å². The van der Waals surface area contributed by atoms with Gasteiger partial charge in [0.25, 0.3) is 0 Å². The highest BCUT2D eigenvalue weighted by atomic mass is 32.1. The van der Waals surface area contributed by atoms with Crippen molar-refractivity contribution in [3.8, 4) is 11.3 Å². The van der Waals surface area contributed by atoms with Crippen LogP contribution in [-0.2, 0) is 11.2 Å². The summed E-state index contributed by atoms with van der Waals surface area (Å²) >= 11 is 1.62. The summed E-state index contributed by atoms with van der Waals surface area (Å²) in [5.74, 6) is -0.124. The van der Waals surface area contributed by atoms with E-state index in [1.54, 1.807) is 11.3 Å². The van der Waals surface area contributed by atoms with Crippen LogP contribution in [0, 0.1) is 20.8 Å². The van der Waals surface area contributed by atoms with E-state index in [4.69, 9.17) is 4.52 Å². The van der Waals surface area contributed by atoms with Crippen LogP contribution >= 0.6 is 11.3 Å². The first kappa shape index (κ1) is 17.4. The molecule has 0 saturated carbocycles. The number of benzene rings is 2. The molecular weight excluding hydrogens is 358 g/mol. The van der Waals surface area contributed by atoms with Crippen LogP contribution in [0.15, 0.2) is 46.3 Å². The highest BCUT2D eigenvalue weighted by molar-refractivity contribution is 7.09. The van der Waals surface area contributed by atoms with E-state index in [1.807, 2.05) is 62.5 Å². The van der Waals surface area contributed by atoms with Crippen molar-refractivity contribution in [2.24, 2.45) is 0 Å². The molecular formula is C21H19N3O2S. The summed E-state index contributed by atoms with van der Waals surface area (Å²) in [6.07, 6.45) is 0.170. The van der Waals surface area contributed by atoms with Crippen molar-refractivity contribution >= 4 is 33.9 Å². The lowest BCUT2D eigenvalue weighted by molar-refractivity contribution is -0.115. The maximum absolute atomic E-state index is 12.4. The largest absolute Gasteiger partial charge is 0.356 e. The third-order valence-electron chi connectivity index (χ3n) is 4.39. The molecule has 1 N–H and O–H groups in total. The monoisotopic (exact) mass is 377 g/mol. The van der Waals surface area contributed by atoms with Crippen LogP contribution < -0.4 is 5.32 Å². The average molecular weight is 377 g/mol. The van der Waals surface area contributed by atoms with Crippen molar-refractivity contribution in [3.05, 3.63) is 63.6 Å². The highest BCUT2D eigenvalue weighted by Crippen LogP contribution is 2.25. The number of rotatable bonds is 4. The van der Waals surface area contributed by atoms with E-state index < -0.39 is 0 Å². The van der Waals surface area contributed by atoms with Gasteiger partial charge in [-0.15, -0.1) is 11.3 Å². The Morgan fingerprint density at radius 3 is 2.63 bits per heavy atom. The van der Waals surface area contributed by atoms with E-state index in [1.165, 1.54) is 0 Å². The number of carbonyl (C=O) groups is 1. The summed E-state index contributed by atoms with van der Waals surface area (Å²) in [7, 11) is 0.